The van der Waals surface area contributed by atoms with Crippen molar-refractivity contribution in [1.29, 1.82) is 0 Å². The van der Waals surface area contributed by atoms with E-state index >= 15 is 0 Å². The van der Waals surface area contributed by atoms with Crippen molar-refractivity contribution in [3.05, 3.63) is 0 Å². The van der Waals surface area contributed by atoms with E-state index in [1.54, 1.807) is 0 Å². The second-order valence-corrected chi connectivity index (χ2v) is 5.40. The summed E-state index contributed by atoms with van der Waals surface area (Å²) in [6.45, 7) is 5.39. The molecule has 2 saturated heterocycles. The highest BCUT2D eigenvalue weighted by Gasteiger charge is 2.31. The molecule has 0 aromatic carbocycles. The average Bonchev–Trinajstić information content (AvgIpc) is 2.34. The molecule has 2 aliphatic rings. The second kappa shape index (κ2) is 5.97. The van der Waals surface area contributed by atoms with E-state index in [0.717, 1.165) is 39.0 Å². The zero-order valence-electron chi connectivity index (χ0n) is 11.2. The summed E-state index contributed by atoms with van der Waals surface area (Å²) in [5.41, 5.74) is 5.71. The van der Waals surface area contributed by atoms with Crippen LogP contribution in [0.1, 0.15) is 12.8 Å². The summed E-state index contributed by atoms with van der Waals surface area (Å²) < 4.78 is 5.26. The van der Waals surface area contributed by atoms with E-state index in [1.807, 2.05) is 0 Å². The first-order valence-corrected chi connectivity index (χ1v) is 6.66. The highest BCUT2D eigenvalue weighted by atomic mass is 16.5. The molecule has 18 heavy (non-hydrogen) atoms. The van der Waals surface area contributed by atoms with Crippen LogP contribution in [0.2, 0.25) is 0 Å². The number of carbonyl (C=O) groups is 1. The van der Waals surface area contributed by atoms with Gasteiger partial charge >= 0.3 is 0 Å². The van der Waals surface area contributed by atoms with Crippen LogP contribution in [0.3, 0.4) is 0 Å². The molecule has 6 nitrogen and oxygen atoms in total. The van der Waals surface area contributed by atoms with E-state index in [0.29, 0.717) is 19.8 Å². The van der Waals surface area contributed by atoms with Crippen LogP contribution >= 0.6 is 0 Å². The van der Waals surface area contributed by atoms with Crippen LogP contribution in [0.25, 0.3) is 0 Å². The Labute approximate surface area is 108 Å². The van der Waals surface area contributed by atoms with Crippen LogP contribution in [0.5, 0.6) is 0 Å². The third kappa shape index (κ3) is 3.91. The monoisotopic (exact) mass is 256 g/mol. The molecule has 2 heterocycles. The van der Waals surface area contributed by atoms with E-state index in [1.165, 1.54) is 0 Å². The maximum absolute atomic E-state index is 12.0. The summed E-state index contributed by atoms with van der Waals surface area (Å²) in [5, 5.41) is 2.99. The number of rotatable bonds is 3. The van der Waals surface area contributed by atoms with Gasteiger partial charge in [-0.15, -0.1) is 0 Å². The van der Waals surface area contributed by atoms with Gasteiger partial charge in [-0.2, -0.15) is 0 Å². The maximum atomic E-state index is 12.0. The van der Waals surface area contributed by atoms with Crippen LogP contribution in [0, 0.1) is 0 Å². The van der Waals surface area contributed by atoms with Gasteiger partial charge in [0.15, 0.2) is 0 Å². The quantitative estimate of drug-likeness (QED) is 0.622. The van der Waals surface area contributed by atoms with E-state index in [4.69, 9.17) is 10.5 Å². The van der Waals surface area contributed by atoms with Gasteiger partial charge in [0.05, 0.1) is 25.4 Å². The lowest BCUT2D eigenvalue weighted by Gasteiger charge is -2.38. The number of nitrogens with one attached hydrogen (secondary N) is 1. The standard InChI is InChI=1S/C12H24N4O2/c1-15-4-2-12(13,3-5-15)14-11(17)10-16-6-8-18-9-7-16/h2-10,13H2,1H3,(H,14,17). The minimum Gasteiger partial charge on any atom is -0.379 e. The third-order valence-electron chi connectivity index (χ3n) is 3.74. The Hall–Kier alpha value is -0.690. The number of piperidine rings is 1. The van der Waals surface area contributed by atoms with Crippen molar-refractivity contribution in [2.24, 2.45) is 5.73 Å². The number of nitrogens with zero attached hydrogens (tertiary/aromatic N) is 2. The molecule has 0 unspecified atom stereocenters. The van der Waals surface area contributed by atoms with Crippen molar-refractivity contribution < 1.29 is 9.53 Å². The Morgan fingerprint density at radius 1 is 1.28 bits per heavy atom. The molecule has 2 aliphatic heterocycles. The van der Waals surface area contributed by atoms with Gasteiger partial charge in [-0.25, -0.2) is 0 Å². The van der Waals surface area contributed by atoms with Crippen molar-refractivity contribution in [3.8, 4) is 0 Å². The Morgan fingerprint density at radius 2 is 1.89 bits per heavy atom. The number of likely N-dealkylation sites (tertiary alicyclic amines) is 1. The summed E-state index contributed by atoms with van der Waals surface area (Å²) in [6.07, 6.45) is 1.64. The SMILES string of the molecule is CN1CCC(N)(NC(=O)CN2CCOCC2)CC1. The fourth-order valence-electron chi connectivity index (χ4n) is 2.42. The number of nitrogens with two attached hydrogens (primary N) is 1. The summed E-state index contributed by atoms with van der Waals surface area (Å²) >= 11 is 0. The van der Waals surface area contributed by atoms with Crippen molar-refractivity contribution >= 4 is 5.91 Å². The molecule has 0 bridgehead atoms. The lowest BCUT2D eigenvalue weighted by atomic mass is 9.98. The van der Waals surface area contributed by atoms with Gasteiger partial charge in [-0.3, -0.25) is 9.69 Å². The van der Waals surface area contributed by atoms with Gasteiger partial charge in [0.25, 0.3) is 0 Å². The number of carbonyl (C=O) groups excluding carboxylic acids is 1. The Bertz CT molecular complexity index is 284. The molecule has 1 amide bonds. The minimum atomic E-state index is -0.518. The molecular formula is C12H24N4O2. The highest BCUT2D eigenvalue weighted by molar-refractivity contribution is 5.78. The number of hydrogen-bond acceptors (Lipinski definition) is 5. The molecule has 2 rings (SSSR count). The van der Waals surface area contributed by atoms with Crippen LogP contribution in [0.15, 0.2) is 0 Å². The van der Waals surface area contributed by atoms with E-state index in [-0.39, 0.29) is 5.91 Å². The van der Waals surface area contributed by atoms with Gasteiger partial charge in [-0.1, -0.05) is 0 Å². The van der Waals surface area contributed by atoms with Crippen molar-refractivity contribution in [2.45, 2.75) is 18.5 Å². The molecule has 2 fully saturated rings. The van der Waals surface area contributed by atoms with Crippen LogP contribution in [-0.4, -0.2) is 74.4 Å². The fourth-order valence-corrected chi connectivity index (χ4v) is 2.42. The number of ether oxygens (including phenoxy) is 1. The third-order valence-corrected chi connectivity index (χ3v) is 3.74. The topological polar surface area (TPSA) is 70.8 Å². The predicted molar refractivity (Wildman–Crippen MR) is 69.1 cm³/mol. The summed E-state index contributed by atoms with van der Waals surface area (Å²) in [6, 6.07) is 0. The van der Waals surface area contributed by atoms with Gasteiger partial charge < -0.3 is 20.7 Å². The van der Waals surface area contributed by atoms with Gasteiger partial charge in [0, 0.05) is 26.2 Å². The molecule has 0 spiro atoms. The maximum Gasteiger partial charge on any atom is 0.235 e. The highest BCUT2D eigenvalue weighted by Crippen LogP contribution is 2.15. The van der Waals surface area contributed by atoms with Crippen LogP contribution < -0.4 is 11.1 Å². The molecule has 0 atom stereocenters. The molecule has 0 aliphatic carbocycles. The van der Waals surface area contributed by atoms with E-state index in [9.17, 15) is 4.79 Å². The van der Waals surface area contributed by atoms with Gasteiger partial charge in [0.1, 0.15) is 0 Å². The average molecular weight is 256 g/mol. The zero-order chi connectivity index (χ0) is 13.0. The minimum absolute atomic E-state index is 0.0314. The van der Waals surface area contributed by atoms with Crippen molar-refractivity contribution in [2.75, 3.05) is 53.0 Å². The fraction of sp³-hybridized carbons (Fsp3) is 0.917. The number of hydrogen-bond donors (Lipinski definition) is 2. The summed E-state index contributed by atoms with van der Waals surface area (Å²) in [5.74, 6) is 0.0314. The van der Waals surface area contributed by atoms with E-state index < -0.39 is 5.66 Å². The largest absolute Gasteiger partial charge is 0.379 e. The molecule has 3 N–H and O–H groups in total. The molecule has 6 heteroatoms. The van der Waals surface area contributed by atoms with Gasteiger partial charge in [-0.05, 0) is 19.9 Å². The van der Waals surface area contributed by atoms with Gasteiger partial charge in [0.2, 0.25) is 5.91 Å². The number of amides is 1. The van der Waals surface area contributed by atoms with Crippen LogP contribution in [0.4, 0.5) is 0 Å². The first kappa shape index (κ1) is 13.7. The molecule has 0 aromatic rings. The summed E-state index contributed by atoms with van der Waals surface area (Å²) in [4.78, 5) is 16.3. The molecule has 0 saturated carbocycles. The Balaban J connectivity index is 1.75. The van der Waals surface area contributed by atoms with Crippen molar-refractivity contribution in [1.82, 2.24) is 15.1 Å². The zero-order valence-corrected chi connectivity index (χ0v) is 11.2. The van der Waals surface area contributed by atoms with Crippen LogP contribution in [-0.2, 0) is 9.53 Å². The Kier molecular flexibility index (Phi) is 4.55. The number of morpholine rings is 1. The smallest absolute Gasteiger partial charge is 0.235 e. The Morgan fingerprint density at radius 3 is 2.50 bits per heavy atom. The van der Waals surface area contributed by atoms with Crippen molar-refractivity contribution in [3.63, 3.8) is 0 Å². The van der Waals surface area contributed by atoms with E-state index in [2.05, 4.69) is 22.2 Å². The lowest BCUT2D eigenvalue weighted by molar-refractivity contribution is -0.125. The second-order valence-electron chi connectivity index (χ2n) is 5.40. The lowest BCUT2D eigenvalue weighted by Crippen LogP contribution is -2.62. The molecular weight excluding hydrogens is 232 g/mol. The molecule has 0 radical (unpaired) electrons. The summed E-state index contributed by atoms with van der Waals surface area (Å²) in [7, 11) is 2.08. The predicted octanol–water partition coefficient (Wildman–Crippen LogP) is -1.18. The first-order chi connectivity index (χ1) is 8.57. The molecule has 104 valence electrons. The first-order valence-electron chi connectivity index (χ1n) is 6.66. The molecule has 0 aromatic heterocycles. The normalized spacial score (nSPS) is 25.9.